The Morgan fingerprint density at radius 3 is 2.05 bits per heavy atom. The average Bonchev–Trinajstić information content (AvgIpc) is 2.95. The first-order chi connectivity index (χ1) is 19.4. The highest BCUT2D eigenvalue weighted by Crippen LogP contribution is 2.34. The van der Waals surface area contributed by atoms with Gasteiger partial charge in [0.2, 0.25) is 11.8 Å². The number of rotatable bonds is 10. The van der Waals surface area contributed by atoms with Crippen LogP contribution in [0.1, 0.15) is 37.6 Å². The largest absolute Gasteiger partial charge is 0.494 e. The maximum atomic E-state index is 13.4. The van der Waals surface area contributed by atoms with E-state index >= 15 is 0 Å². The Hall–Kier alpha value is -4.31. The van der Waals surface area contributed by atoms with Crippen molar-refractivity contribution in [1.82, 2.24) is 0 Å². The highest BCUT2D eigenvalue weighted by molar-refractivity contribution is 8.15. The van der Waals surface area contributed by atoms with Gasteiger partial charge in [0.1, 0.15) is 16.7 Å². The van der Waals surface area contributed by atoms with Crippen molar-refractivity contribution in [2.24, 2.45) is 4.99 Å². The summed E-state index contributed by atoms with van der Waals surface area (Å²) in [5.41, 5.74) is 2.13. The SMILES string of the molecule is CCOC(=O)c1ccc(NC(=O)[C@@H]2CC(=O)N(c3ccc(OCC)cc3)C(=Nc3ccc(OCC)cc3)S2)cc1. The van der Waals surface area contributed by atoms with Gasteiger partial charge in [0.15, 0.2) is 5.17 Å². The number of nitrogens with one attached hydrogen (secondary N) is 1. The van der Waals surface area contributed by atoms with Crippen LogP contribution in [-0.2, 0) is 14.3 Å². The standard InChI is InChI=1S/C30H31N3O6S/c1-4-37-24-15-11-22(12-16-24)32-30-33(23-13-17-25(18-14-23)38-5-2)27(34)19-26(40-30)28(35)31-21-9-7-20(8-10-21)29(36)39-6-3/h7-18,26H,4-6,19H2,1-3H3,(H,31,35)/t26-/m0/s1. The molecule has 1 aliphatic heterocycles. The fourth-order valence-electron chi connectivity index (χ4n) is 3.93. The number of amidine groups is 1. The molecule has 4 rings (SSSR count). The van der Waals surface area contributed by atoms with Gasteiger partial charge in [-0.25, -0.2) is 9.79 Å². The second kappa shape index (κ2) is 13.7. The number of amides is 2. The van der Waals surface area contributed by atoms with Crippen molar-refractivity contribution in [3.05, 3.63) is 78.4 Å². The Bertz CT molecular complexity index is 1360. The van der Waals surface area contributed by atoms with Crippen molar-refractivity contribution in [2.75, 3.05) is 30.0 Å². The van der Waals surface area contributed by atoms with Gasteiger partial charge in [0, 0.05) is 12.1 Å². The normalized spacial score (nSPS) is 16.0. The maximum Gasteiger partial charge on any atom is 0.338 e. The summed E-state index contributed by atoms with van der Waals surface area (Å²) in [5.74, 6) is 0.379. The second-order valence-electron chi connectivity index (χ2n) is 8.58. The van der Waals surface area contributed by atoms with E-state index in [2.05, 4.69) is 5.32 Å². The zero-order valence-electron chi connectivity index (χ0n) is 22.6. The number of carbonyl (C=O) groups is 3. The number of anilines is 2. The molecule has 0 aromatic heterocycles. The van der Waals surface area contributed by atoms with Gasteiger partial charge < -0.3 is 19.5 Å². The van der Waals surface area contributed by atoms with Gasteiger partial charge in [-0.3, -0.25) is 14.5 Å². The Labute approximate surface area is 237 Å². The summed E-state index contributed by atoms with van der Waals surface area (Å²) in [6.45, 7) is 6.91. The lowest BCUT2D eigenvalue weighted by Gasteiger charge is -2.32. The van der Waals surface area contributed by atoms with Gasteiger partial charge in [-0.2, -0.15) is 0 Å². The highest BCUT2D eigenvalue weighted by Gasteiger charge is 2.37. The van der Waals surface area contributed by atoms with E-state index < -0.39 is 11.2 Å². The summed E-state index contributed by atoms with van der Waals surface area (Å²) in [5, 5.41) is 2.51. The lowest BCUT2D eigenvalue weighted by atomic mass is 10.2. The molecule has 1 atom stereocenters. The van der Waals surface area contributed by atoms with Crippen LogP contribution in [0.3, 0.4) is 0 Å². The number of carbonyl (C=O) groups excluding carboxylic acids is 3. The Morgan fingerprint density at radius 1 is 0.875 bits per heavy atom. The van der Waals surface area contributed by atoms with Crippen molar-refractivity contribution >= 4 is 51.8 Å². The topological polar surface area (TPSA) is 107 Å². The molecule has 1 fully saturated rings. The highest BCUT2D eigenvalue weighted by atomic mass is 32.2. The van der Waals surface area contributed by atoms with Crippen LogP contribution in [0.25, 0.3) is 0 Å². The lowest BCUT2D eigenvalue weighted by molar-refractivity contribution is -0.121. The van der Waals surface area contributed by atoms with Gasteiger partial charge in [0.05, 0.1) is 36.8 Å². The van der Waals surface area contributed by atoms with Crippen molar-refractivity contribution < 1.29 is 28.6 Å². The predicted molar refractivity (Wildman–Crippen MR) is 157 cm³/mol. The van der Waals surface area contributed by atoms with Crippen molar-refractivity contribution in [2.45, 2.75) is 32.4 Å². The molecule has 0 radical (unpaired) electrons. The molecule has 1 saturated heterocycles. The predicted octanol–water partition coefficient (Wildman–Crippen LogP) is 5.83. The molecule has 40 heavy (non-hydrogen) atoms. The van der Waals surface area contributed by atoms with Gasteiger partial charge in [0.25, 0.3) is 0 Å². The second-order valence-corrected chi connectivity index (χ2v) is 9.74. The number of thioether (sulfide) groups is 1. The molecule has 0 spiro atoms. The van der Waals surface area contributed by atoms with Crippen LogP contribution < -0.4 is 19.7 Å². The molecule has 1 heterocycles. The summed E-state index contributed by atoms with van der Waals surface area (Å²) in [4.78, 5) is 44.8. The third kappa shape index (κ3) is 7.20. The minimum Gasteiger partial charge on any atom is -0.494 e. The molecule has 10 heteroatoms. The van der Waals surface area contributed by atoms with Gasteiger partial charge in [-0.05, 0) is 93.6 Å². The Balaban J connectivity index is 1.57. The molecular weight excluding hydrogens is 530 g/mol. The molecule has 1 N–H and O–H groups in total. The number of ether oxygens (including phenoxy) is 3. The fourth-order valence-corrected chi connectivity index (χ4v) is 5.05. The van der Waals surface area contributed by atoms with Crippen LogP contribution in [0.15, 0.2) is 77.8 Å². The van der Waals surface area contributed by atoms with Crippen LogP contribution in [0.5, 0.6) is 11.5 Å². The average molecular weight is 562 g/mol. The van der Waals surface area contributed by atoms with Gasteiger partial charge in [-0.15, -0.1) is 0 Å². The van der Waals surface area contributed by atoms with Gasteiger partial charge >= 0.3 is 5.97 Å². The molecule has 2 amide bonds. The summed E-state index contributed by atoms with van der Waals surface area (Å²) in [7, 11) is 0. The number of hydrogen-bond acceptors (Lipinski definition) is 8. The van der Waals surface area contributed by atoms with Crippen LogP contribution in [0.4, 0.5) is 17.1 Å². The first kappa shape index (κ1) is 28.7. The minimum atomic E-state index is -0.711. The summed E-state index contributed by atoms with van der Waals surface area (Å²) in [6, 6.07) is 20.8. The molecule has 3 aromatic carbocycles. The number of nitrogens with zero attached hydrogens (tertiary/aromatic N) is 2. The van der Waals surface area contributed by atoms with E-state index in [-0.39, 0.29) is 24.8 Å². The zero-order chi connectivity index (χ0) is 28.5. The van der Waals surface area contributed by atoms with E-state index in [9.17, 15) is 14.4 Å². The lowest BCUT2D eigenvalue weighted by Crippen LogP contribution is -2.45. The van der Waals surface area contributed by atoms with E-state index in [1.807, 2.05) is 26.0 Å². The third-order valence-electron chi connectivity index (χ3n) is 5.78. The van der Waals surface area contributed by atoms with Crippen LogP contribution in [0.2, 0.25) is 0 Å². The van der Waals surface area contributed by atoms with Crippen LogP contribution >= 0.6 is 11.8 Å². The van der Waals surface area contributed by atoms with E-state index in [0.29, 0.717) is 52.5 Å². The van der Waals surface area contributed by atoms with E-state index in [4.69, 9.17) is 19.2 Å². The molecule has 0 bridgehead atoms. The number of aliphatic imine (C=N–C) groups is 1. The van der Waals surface area contributed by atoms with E-state index in [1.165, 1.54) is 16.7 Å². The quantitative estimate of drug-likeness (QED) is 0.311. The first-order valence-corrected chi connectivity index (χ1v) is 13.9. The number of hydrogen-bond donors (Lipinski definition) is 1. The third-order valence-corrected chi connectivity index (χ3v) is 6.93. The number of esters is 1. The fraction of sp³-hybridized carbons (Fsp3) is 0.267. The molecular formula is C30H31N3O6S. The molecule has 0 aliphatic carbocycles. The summed E-state index contributed by atoms with van der Waals surface area (Å²) >= 11 is 1.21. The number of benzene rings is 3. The molecule has 9 nitrogen and oxygen atoms in total. The molecule has 0 saturated carbocycles. The summed E-state index contributed by atoms with van der Waals surface area (Å²) in [6.07, 6.45) is -0.0209. The molecule has 1 aliphatic rings. The van der Waals surface area contributed by atoms with E-state index in [1.54, 1.807) is 67.6 Å². The molecule has 3 aromatic rings. The smallest absolute Gasteiger partial charge is 0.338 e. The Morgan fingerprint density at radius 2 is 1.48 bits per heavy atom. The maximum absolute atomic E-state index is 13.4. The zero-order valence-corrected chi connectivity index (χ0v) is 23.4. The van der Waals surface area contributed by atoms with Crippen LogP contribution in [-0.4, -0.2) is 48.0 Å². The van der Waals surface area contributed by atoms with Crippen molar-refractivity contribution in [3.63, 3.8) is 0 Å². The van der Waals surface area contributed by atoms with Crippen molar-refractivity contribution in [3.8, 4) is 11.5 Å². The first-order valence-electron chi connectivity index (χ1n) is 13.0. The molecule has 0 unspecified atom stereocenters. The van der Waals surface area contributed by atoms with E-state index in [0.717, 1.165) is 0 Å². The summed E-state index contributed by atoms with van der Waals surface area (Å²) < 4.78 is 16.1. The van der Waals surface area contributed by atoms with Crippen molar-refractivity contribution in [1.29, 1.82) is 0 Å². The van der Waals surface area contributed by atoms with Crippen LogP contribution in [0, 0.1) is 0 Å². The van der Waals surface area contributed by atoms with Gasteiger partial charge in [-0.1, -0.05) is 11.8 Å². The Kier molecular flexibility index (Phi) is 9.80. The molecule has 208 valence electrons. The minimum absolute atomic E-state index is 0.0209. The monoisotopic (exact) mass is 561 g/mol.